The molecule has 5 heteroatoms. The van der Waals surface area contributed by atoms with Crippen molar-refractivity contribution >= 4 is 56.6 Å². The summed E-state index contributed by atoms with van der Waals surface area (Å²) in [7, 11) is 0. The van der Waals surface area contributed by atoms with Crippen molar-refractivity contribution < 1.29 is 8.78 Å². The highest BCUT2D eigenvalue weighted by Crippen LogP contribution is 2.35. The van der Waals surface area contributed by atoms with Gasteiger partial charge in [0.05, 0.1) is 0 Å². The second-order valence-corrected chi connectivity index (χ2v) is 5.32. The molecule has 0 atom stereocenters. The molecule has 74 valence electrons. The predicted molar refractivity (Wildman–Crippen MR) is 66.8 cm³/mol. The molecule has 1 aromatic heterocycles. The monoisotopic (exact) mass is 342 g/mol. The van der Waals surface area contributed by atoms with E-state index in [4.69, 9.17) is 0 Å². The van der Waals surface area contributed by atoms with E-state index in [1.165, 1.54) is 23.5 Å². The Morgan fingerprint density at radius 3 is 2.71 bits per heavy atom. The number of benzene rings is 1. The first-order valence-electron chi connectivity index (χ1n) is 3.77. The number of hydrogen-bond acceptors (Lipinski definition) is 2. The fourth-order valence-corrected chi connectivity index (χ4v) is 3.48. The number of thiol groups is 1. The van der Waals surface area contributed by atoms with Gasteiger partial charge in [0, 0.05) is 29.5 Å². The minimum Gasteiger partial charge on any atom is -0.205 e. The van der Waals surface area contributed by atoms with Crippen molar-refractivity contribution in [1.82, 2.24) is 0 Å². The Bertz CT molecular complexity index is 479. The Morgan fingerprint density at radius 1 is 1.36 bits per heavy atom. The number of fused-ring (bicyclic) bond motifs is 1. The summed E-state index contributed by atoms with van der Waals surface area (Å²) < 4.78 is 26.9. The van der Waals surface area contributed by atoms with Crippen LogP contribution in [0.2, 0.25) is 0 Å². The zero-order valence-corrected chi connectivity index (χ0v) is 10.7. The van der Waals surface area contributed by atoms with Gasteiger partial charge in [0.2, 0.25) is 0 Å². The summed E-state index contributed by atoms with van der Waals surface area (Å²) in [5.74, 6) is 0. The summed E-state index contributed by atoms with van der Waals surface area (Å²) in [4.78, 5) is 0.630. The fraction of sp³-hybridized carbons (Fsp3) is 0.111. The lowest BCUT2D eigenvalue weighted by Gasteiger charge is -2.02. The van der Waals surface area contributed by atoms with E-state index in [0.717, 1.165) is 13.7 Å². The van der Waals surface area contributed by atoms with Crippen LogP contribution in [-0.2, 0) is 0 Å². The van der Waals surface area contributed by atoms with Crippen LogP contribution in [0.4, 0.5) is 8.78 Å². The molecule has 2 rings (SSSR count). The topological polar surface area (TPSA) is 0 Å². The molecular weight excluding hydrogens is 337 g/mol. The zero-order valence-electron chi connectivity index (χ0n) is 6.80. The molecule has 0 aliphatic carbocycles. The van der Waals surface area contributed by atoms with Crippen LogP contribution in [0.3, 0.4) is 0 Å². The van der Waals surface area contributed by atoms with Crippen LogP contribution in [0.1, 0.15) is 12.0 Å². The normalized spacial score (nSPS) is 11.5. The smallest absolute Gasteiger partial charge is 0.205 e. The molecule has 14 heavy (non-hydrogen) atoms. The number of alkyl halides is 2. The van der Waals surface area contributed by atoms with Crippen molar-refractivity contribution in [1.29, 1.82) is 0 Å². The maximum absolute atomic E-state index is 12.5. The van der Waals surface area contributed by atoms with Crippen molar-refractivity contribution in [3.63, 3.8) is 0 Å². The molecule has 0 N–H and O–H groups in total. The van der Waals surface area contributed by atoms with Gasteiger partial charge in [0.25, 0.3) is 6.43 Å². The summed E-state index contributed by atoms with van der Waals surface area (Å²) in [6, 6.07) is 2.97. The van der Waals surface area contributed by atoms with Crippen LogP contribution in [0.25, 0.3) is 10.1 Å². The molecule has 0 aliphatic rings. The molecule has 1 aromatic carbocycles. The molecule has 2 aromatic rings. The van der Waals surface area contributed by atoms with Gasteiger partial charge < -0.3 is 0 Å². The molecule has 0 fully saturated rings. The third-order valence-electron chi connectivity index (χ3n) is 1.88. The highest BCUT2D eigenvalue weighted by atomic mass is 127. The van der Waals surface area contributed by atoms with Crippen LogP contribution >= 0.6 is 46.6 Å². The van der Waals surface area contributed by atoms with Gasteiger partial charge in [-0.1, -0.05) is 0 Å². The number of rotatable bonds is 1. The predicted octanol–water partition coefficient (Wildman–Crippen LogP) is 4.73. The first-order valence-corrected chi connectivity index (χ1v) is 6.18. The van der Waals surface area contributed by atoms with Crippen molar-refractivity contribution in [3.8, 4) is 0 Å². The van der Waals surface area contributed by atoms with Gasteiger partial charge in [-0.25, -0.2) is 8.78 Å². The average Bonchev–Trinajstić information content (AvgIpc) is 2.48. The molecule has 0 bridgehead atoms. The zero-order chi connectivity index (χ0) is 10.3. The Balaban J connectivity index is 2.75. The third kappa shape index (κ3) is 1.77. The summed E-state index contributed by atoms with van der Waals surface area (Å²) >= 11 is 7.88. The van der Waals surface area contributed by atoms with Crippen molar-refractivity contribution in [2.75, 3.05) is 0 Å². The summed E-state index contributed by atoms with van der Waals surface area (Å²) in [5.41, 5.74) is 0.0406. The SMILES string of the molecule is FC(F)c1cc(S)c2scc(I)c2c1. The minimum atomic E-state index is -2.43. The van der Waals surface area contributed by atoms with E-state index < -0.39 is 6.43 Å². The van der Waals surface area contributed by atoms with E-state index in [9.17, 15) is 8.78 Å². The molecule has 0 amide bonds. The molecule has 1 heterocycles. The molecule has 0 spiro atoms. The largest absolute Gasteiger partial charge is 0.263 e. The number of halogens is 3. The molecule has 0 saturated heterocycles. The summed E-state index contributed by atoms with van der Waals surface area (Å²) in [6.45, 7) is 0. The van der Waals surface area contributed by atoms with Crippen LogP contribution in [0, 0.1) is 3.57 Å². The number of thiophene rings is 1. The first-order chi connectivity index (χ1) is 6.59. The lowest BCUT2D eigenvalue weighted by atomic mass is 10.2. The summed E-state index contributed by atoms with van der Waals surface area (Å²) in [5, 5.41) is 2.82. The average molecular weight is 342 g/mol. The maximum atomic E-state index is 12.5. The van der Waals surface area contributed by atoms with Gasteiger partial charge in [-0.3, -0.25) is 0 Å². The van der Waals surface area contributed by atoms with E-state index in [1.54, 1.807) is 0 Å². The second kappa shape index (κ2) is 3.94. The fourth-order valence-electron chi connectivity index (χ4n) is 1.24. The van der Waals surface area contributed by atoms with Gasteiger partial charge in [-0.2, -0.15) is 0 Å². The molecule has 0 unspecified atom stereocenters. The van der Waals surface area contributed by atoms with Crippen molar-refractivity contribution in [2.45, 2.75) is 11.3 Å². The van der Waals surface area contributed by atoms with E-state index in [0.29, 0.717) is 4.90 Å². The van der Waals surface area contributed by atoms with E-state index in [-0.39, 0.29) is 5.56 Å². The lowest BCUT2D eigenvalue weighted by Crippen LogP contribution is -1.84. The molecular formula is C9H5F2IS2. The quantitative estimate of drug-likeness (QED) is 0.562. The van der Waals surface area contributed by atoms with E-state index >= 15 is 0 Å². The van der Waals surface area contributed by atoms with Crippen molar-refractivity contribution in [2.24, 2.45) is 0 Å². The molecule has 0 nitrogen and oxygen atoms in total. The van der Waals surface area contributed by atoms with Crippen LogP contribution in [-0.4, -0.2) is 0 Å². The van der Waals surface area contributed by atoms with Crippen LogP contribution < -0.4 is 0 Å². The minimum absolute atomic E-state index is 0.0406. The first kappa shape index (κ1) is 10.6. The van der Waals surface area contributed by atoms with Gasteiger partial charge in [-0.05, 0) is 34.7 Å². The second-order valence-electron chi connectivity index (χ2n) is 2.80. The van der Waals surface area contributed by atoms with Gasteiger partial charge in [0.15, 0.2) is 0 Å². The Hall–Kier alpha value is 0.120. The Morgan fingerprint density at radius 2 is 2.07 bits per heavy atom. The van der Waals surface area contributed by atoms with Gasteiger partial charge in [-0.15, -0.1) is 24.0 Å². The highest BCUT2D eigenvalue weighted by molar-refractivity contribution is 14.1. The molecule has 0 radical (unpaired) electrons. The van der Waals surface area contributed by atoms with Crippen molar-refractivity contribution in [3.05, 3.63) is 26.6 Å². The third-order valence-corrected chi connectivity index (χ3v) is 4.73. The van der Waals surface area contributed by atoms with Gasteiger partial charge >= 0.3 is 0 Å². The number of hydrogen-bond donors (Lipinski definition) is 1. The maximum Gasteiger partial charge on any atom is 0.263 e. The molecule has 0 saturated carbocycles. The van der Waals surface area contributed by atoms with Crippen LogP contribution in [0.5, 0.6) is 0 Å². The van der Waals surface area contributed by atoms with Gasteiger partial charge in [0.1, 0.15) is 0 Å². The van der Waals surface area contributed by atoms with E-state index in [2.05, 4.69) is 35.2 Å². The lowest BCUT2D eigenvalue weighted by molar-refractivity contribution is 0.151. The summed E-state index contributed by atoms with van der Waals surface area (Å²) in [6.07, 6.45) is -2.43. The molecule has 0 aliphatic heterocycles. The Labute approximate surface area is 103 Å². The highest BCUT2D eigenvalue weighted by Gasteiger charge is 2.12. The standard InChI is InChI=1S/C9H5F2IS2/c10-9(11)4-1-5-6(12)3-14-8(5)7(13)2-4/h1-3,9,13H. The van der Waals surface area contributed by atoms with Crippen LogP contribution in [0.15, 0.2) is 22.4 Å². The van der Waals surface area contributed by atoms with E-state index in [1.807, 2.05) is 5.38 Å². The Kier molecular flexibility index (Phi) is 2.99.